The van der Waals surface area contributed by atoms with E-state index in [9.17, 15) is 0 Å². The SMILES string of the molecule is CCCCCCCCCCCCOCCOCCOCCOCCOCCOCCOCCOCCOCCOCCOCCOCCOCCNC. The van der Waals surface area contributed by atoms with Crippen molar-refractivity contribution < 1.29 is 61.6 Å². The summed E-state index contributed by atoms with van der Waals surface area (Å²) in [6.07, 6.45) is 13.4. The summed E-state index contributed by atoms with van der Waals surface area (Å²) in [5, 5.41) is 3.02. The first kappa shape index (κ1) is 52.4. The number of hydrogen-bond donors (Lipinski definition) is 1. The van der Waals surface area contributed by atoms with Crippen LogP contribution in [0.1, 0.15) is 71.1 Å². The van der Waals surface area contributed by atoms with Crippen molar-refractivity contribution in [3.63, 3.8) is 0 Å². The minimum Gasteiger partial charge on any atom is -0.379 e. The van der Waals surface area contributed by atoms with Crippen molar-refractivity contribution in [3.8, 4) is 0 Å². The van der Waals surface area contributed by atoms with E-state index < -0.39 is 0 Å². The summed E-state index contributed by atoms with van der Waals surface area (Å²) in [6, 6.07) is 0. The van der Waals surface area contributed by atoms with E-state index in [0.29, 0.717) is 165 Å². The molecule has 14 nitrogen and oxygen atoms in total. The number of rotatable bonds is 50. The molecule has 0 spiro atoms. The molecular formula is C39H81NO13. The van der Waals surface area contributed by atoms with Crippen LogP contribution in [0.15, 0.2) is 0 Å². The van der Waals surface area contributed by atoms with Crippen molar-refractivity contribution in [2.45, 2.75) is 71.1 Å². The maximum atomic E-state index is 5.65. The standard InChI is InChI=1S/C39H81NO13/c1-3-4-5-6-7-8-9-10-11-12-14-41-16-18-43-20-22-45-24-26-47-28-30-49-32-34-51-36-38-53-39-37-52-35-33-50-31-29-48-27-25-46-23-21-44-19-17-42-15-13-40-2/h40H,3-39H2,1-2H3. The topological polar surface area (TPSA) is 132 Å². The Balaban J connectivity index is 3.05. The Kier molecular flexibility index (Phi) is 50.9. The predicted molar refractivity (Wildman–Crippen MR) is 206 cm³/mol. The molecule has 0 aliphatic rings. The molecule has 0 aromatic heterocycles. The Morgan fingerprint density at radius 3 is 0.642 bits per heavy atom. The van der Waals surface area contributed by atoms with Crippen LogP contribution in [0.3, 0.4) is 0 Å². The lowest BCUT2D eigenvalue weighted by Crippen LogP contribution is -2.17. The molecule has 0 heterocycles. The molecule has 0 bridgehead atoms. The van der Waals surface area contributed by atoms with Crippen molar-refractivity contribution in [1.29, 1.82) is 0 Å². The van der Waals surface area contributed by atoms with Gasteiger partial charge in [0.05, 0.1) is 165 Å². The van der Waals surface area contributed by atoms with Gasteiger partial charge in [0.2, 0.25) is 0 Å². The van der Waals surface area contributed by atoms with E-state index in [1.165, 1.54) is 57.8 Å². The molecule has 0 aromatic rings. The predicted octanol–water partition coefficient (Wildman–Crippen LogP) is 4.34. The van der Waals surface area contributed by atoms with Crippen molar-refractivity contribution in [2.75, 3.05) is 185 Å². The van der Waals surface area contributed by atoms with Gasteiger partial charge in [0, 0.05) is 13.2 Å². The first-order valence-electron chi connectivity index (χ1n) is 20.6. The molecule has 0 aromatic carbocycles. The molecule has 0 aliphatic heterocycles. The Hall–Kier alpha value is -0.560. The van der Waals surface area contributed by atoms with Gasteiger partial charge in [-0.2, -0.15) is 0 Å². The minimum atomic E-state index is 0.515. The summed E-state index contributed by atoms with van der Waals surface area (Å²) in [4.78, 5) is 0. The quantitative estimate of drug-likeness (QED) is 0.0880. The fourth-order valence-electron chi connectivity index (χ4n) is 4.61. The maximum Gasteiger partial charge on any atom is 0.0701 e. The molecule has 0 unspecified atom stereocenters. The minimum absolute atomic E-state index is 0.515. The third-order valence-corrected chi connectivity index (χ3v) is 7.60. The van der Waals surface area contributed by atoms with Gasteiger partial charge in [-0.1, -0.05) is 64.7 Å². The van der Waals surface area contributed by atoms with Crippen LogP contribution in [-0.2, 0) is 61.6 Å². The molecule has 0 saturated carbocycles. The third-order valence-electron chi connectivity index (χ3n) is 7.60. The fourth-order valence-corrected chi connectivity index (χ4v) is 4.61. The zero-order valence-electron chi connectivity index (χ0n) is 34.0. The van der Waals surface area contributed by atoms with E-state index in [1.807, 2.05) is 7.05 Å². The average Bonchev–Trinajstić information content (AvgIpc) is 3.17. The van der Waals surface area contributed by atoms with Crippen molar-refractivity contribution in [2.24, 2.45) is 0 Å². The first-order chi connectivity index (χ1) is 26.4. The van der Waals surface area contributed by atoms with Gasteiger partial charge in [-0.25, -0.2) is 0 Å². The average molecular weight is 772 g/mol. The van der Waals surface area contributed by atoms with Gasteiger partial charge >= 0.3 is 0 Å². The van der Waals surface area contributed by atoms with E-state index in [-0.39, 0.29) is 0 Å². The van der Waals surface area contributed by atoms with Gasteiger partial charge in [-0.3, -0.25) is 0 Å². The van der Waals surface area contributed by atoms with Gasteiger partial charge in [0.15, 0.2) is 0 Å². The molecular weight excluding hydrogens is 690 g/mol. The summed E-state index contributed by atoms with van der Waals surface area (Å²) < 4.78 is 71.5. The summed E-state index contributed by atoms with van der Waals surface area (Å²) in [5.74, 6) is 0. The van der Waals surface area contributed by atoms with Gasteiger partial charge in [-0.05, 0) is 13.5 Å². The second-order valence-corrected chi connectivity index (χ2v) is 12.2. The monoisotopic (exact) mass is 772 g/mol. The molecule has 0 saturated heterocycles. The van der Waals surface area contributed by atoms with Crippen LogP contribution in [0.25, 0.3) is 0 Å². The fraction of sp³-hybridized carbons (Fsp3) is 1.00. The maximum absolute atomic E-state index is 5.65. The van der Waals surface area contributed by atoms with E-state index >= 15 is 0 Å². The number of unbranched alkanes of at least 4 members (excludes halogenated alkanes) is 9. The van der Waals surface area contributed by atoms with Crippen LogP contribution >= 0.6 is 0 Å². The highest BCUT2D eigenvalue weighted by Gasteiger charge is 1.98. The van der Waals surface area contributed by atoms with E-state index in [2.05, 4.69) is 12.2 Å². The van der Waals surface area contributed by atoms with Crippen LogP contribution < -0.4 is 5.32 Å². The molecule has 0 amide bonds. The Morgan fingerprint density at radius 2 is 0.415 bits per heavy atom. The lowest BCUT2D eigenvalue weighted by molar-refractivity contribution is -0.0290. The van der Waals surface area contributed by atoms with Crippen LogP contribution in [-0.4, -0.2) is 185 Å². The third kappa shape index (κ3) is 51.4. The normalized spacial score (nSPS) is 11.7. The number of ether oxygens (including phenoxy) is 13. The molecule has 0 fully saturated rings. The second kappa shape index (κ2) is 51.4. The molecule has 1 N–H and O–H groups in total. The highest BCUT2D eigenvalue weighted by Crippen LogP contribution is 2.10. The molecule has 14 heteroatoms. The summed E-state index contributed by atoms with van der Waals surface area (Å²) >= 11 is 0. The summed E-state index contributed by atoms with van der Waals surface area (Å²) in [6.45, 7) is 17.7. The Bertz CT molecular complexity index is 578. The molecule has 0 aliphatic carbocycles. The first-order valence-corrected chi connectivity index (χ1v) is 20.6. The highest BCUT2D eigenvalue weighted by molar-refractivity contribution is 4.48. The summed E-state index contributed by atoms with van der Waals surface area (Å²) in [7, 11) is 1.90. The molecule has 320 valence electrons. The van der Waals surface area contributed by atoms with Crippen molar-refractivity contribution in [1.82, 2.24) is 5.32 Å². The van der Waals surface area contributed by atoms with Crippen LogP contribution in [0, 0.1) is 0 Å². The second-order valence-electron chi connectivity index (χ2n) is 12.2. The van der Waals surface area contributed by atoms with Gasteiger partial charge in [0.25, 0.3) is 0 Å². The lowest BCUT2D eigenvalue weighted by atomic mass is 10.1. The zero-order chi connectivity index (χ0) is 38.1. The number of hydrogen-bond acceptors (Lipinski definition) is 14. The smallest absolute Gasteiger partial charge is 0.0701 e. The van der Waals surface area contributed by atoms with E-state index in [1.54, 1.807) is 0 Å². The van der Waals surface area contributed by atoms with E-state index in [4.69, 9.17) is 61.6 Å². The molecule has 0 rings (SSSR count). The Morgan fingerprint density at radius 1 is 0.226 bits per heavy atom. The Labute approximate surface area is 323 Å². The van der Waals surface area contributed by atoms with E-state index in [0.717, 1.165) is 19.6 Å². The van der Waals surface area contributed by atoms with Gasteiger partial charge in [-0.15, -0.1) is 0 Å². The number of nitrogens with one attached hydrogen (secondary N) is 1. The largest absolute Gasteiger partial charge is 0.379 e. The molecule has 0 atom stereocenters. The molecule has 53 heavy (non-hydrogen) atoms. The van der Waals surface area contributed by atoms with Crippen molar-refractivity contribution >= 4 is 0 Å². The highest BCUT2D eigenvalue weighted by atomic mass is 16.6. The van der Waals surface area contributed by atoms with Crippen LogP contribution in [0.4, 0.5) is 0 Å². The van der Waals surface area contributed by atoms with Gasteiger partial charge in [0.1, 0.15) is 0 Å². The summed E-state index contributed by atoms with van der Waals surface area (Å²) in [5.41, 5.74) is 0. The van der Waals surface area contributed by atoms with Crippen LogP contribution in [0.5, 0.6) is 0 Å². The zero-order valence-corrected chi connectivity index (χ0v) is 34.0. The van der Waals surface area contributed by atoms with Crippen LogP contribution in [0.2, 0.25) is 0 Å². The van der Waals surface area contributed by atoms with Gasteiger partial charge < -0.3 is 66.9 Å². The number of likely N-dealkylation sites (N-methyl/N-ethyl adjacent to an activating group) is 1. The lowest BCUT2D eigenvalue weighted by Gasteiger charge is -2.09. The van der Waals surface area contributed by atoms with Crippen molar-refractivity contribution in [3.05, 3.63) is 0 Å². The molecule has 0 radical (unpaired) electrons.